The van der Waals surface area contributed by atoms with Crippen LogP contribution in [0.2, 0.25) is 0 Å². The van der Waals surface area contributed by atoms with Gasteiger partial charge < -0.3 is 25.0 Å². The molecule has 1 fully saturated rings. The second-order valence-corrected chi connectivity index (χ2v) is 11.0. The van der Waals surface area contributed by atoms with Gasteiger partial charge in [0.05, 0.1) is 17.8 Å². The van der Waals surface area contributed by atoms with Crippen LogP contribution in [0, 0.1) is 11.3 Å². The Morgan fingerprint density at radius 1 is 1.26 bits per heavy atom. The highest BCUT2D eigenvalue weighted by Gasteiger charge is 2.41. The molecule has 3 N–H and O–H groups in total. The van der Waals surface area contributed by atoms with Crippen molar-refractivity contribution < 1.29 is 10.2 Å². The Labute approximate surface area is 202 Å². The maximum absolute atomic E-state index is 12.7. The lowest BCUT2D eigenvalue weighted by Gasteiger charge is -2.42. The van der Waals surface area contributed by atoms with Gasteiger partial charge in [0, 0.05) is 31.7 Å². The quantitative estimate of drug-likeness (QED) is 0.611. The molecule has 2 aliphatic rings. The number of hydrogen-bond acceptors (Lipinski definition) is 6. The number of fused-ring (bicyclic) bond motifs is 1. The van der Waals surface area contributed by atoms with Gasteiger partial charge in [0.2, 0.25) is 0 Å². The minimum absolute atomic E-state index is 0.100. The molecule has 1 saturated carbocycles. The van der Waals surface area contributed by atoms with Gasteiger partial charge in [0.1, 0.15) is 11.6 Å². The molecule has 7 nitrogen and oxygen atoms in total. The van der Waals surface area contributed by atoms with E-state index in [1.54, 1.807) is 12.4 Å². The molecule has 0 bridgehead atoms. The Morgan fingerprint density at radius 3 is 2.50 bits per heavy atom. The molecule has 0 atom stereocenters. The van der Waals surface area contributed by atoms with E-state index in [4.69, 9.17) is 5.11 Å². The first-order valence-corrected chi connectivity index (χ1v) is 11.8. The van der Waals surface area contributed by atoms with Gasteiger partial charge in [-0.25, -0.2) is 4.98 Å². The Morgan fingerprint density at radius 2 is 1.91 bits per heavy atom. The average Bonchev–Trinajstić information content (AvgIpc) is 2.72. The predicted octanol–water partition coefficient (Wildman–Crippen LogP) is 4.23. The van der Waals surface area contributed by atoms with Crippen molar-refractivity contribution in [3.8, 4) is 0 Å². The number of anilines is 1. The monoisotopic (exact) mass is 466 g/mol. The van der Waals surface area contributed by atoms with Crippen LogP contribution in [0.4, 0.5) is 5.82 Å². The zero-order valence-electron chi connectivity index (χ0n) is 21.2. The molecule has 7 heteroatoms. The van der Waals surface area contributed by atoms with Crippen LogP contribution in [0.25, 0.3) is 11.8 Å². The largest absolute Gasteiger partial charge is 0.395 e. The minimum Gasteiger partial charge on any atom is -0.395 e. The third kappa shape index (κ3) is 5.77. The van der Waals surface area contributed by atoms with Crippen molar-refractivity contribution in [2.45, 2.75) is 59.6 Å². The molecule has 184 valence electrons. The molecule has 4 rings (SSSR count). The first-order valence-electron chi connectivity index (χ1n) is 11.8. The molecule has 1 aliphatic heterocycles. The van der Waals surface area contributed by atoms with E-state index in [2.05, 4.69) is 51.5 Å². The van der Waals surface area contributed by atoms with Crippen LogP contribution in [0.3, 0.4) is 0 Å². The lowest BCUT2D eigenvalue weighted by molar-refractivity contribution is -0.0738. The first kappa shape index (κ1) is 25.7. The lowest BCUT2D eigenvalue weighted by Crippen LogP contribution is -2.39. The van der Waals surface area contributed by atoms with Crippen molar-refractivity contribution in [3.63, 3.8) is 0 Å². The number of aliphatic hydroxyl groups is 2. The second-order valence-electron chi connectivity index (χ2n) is 11.0. The molecule has 0 spiro atoms. The Hall–Kier alpha value is -2.90. The summed E-state index contributed by atoms with van der Waals surface area (Å²) < 4.78 is 1.48. The maximum Gasteiger partial charge on any atom is 0.260 e. The Bertz CT molecular complexity index is 1130. The van der Waals surface area contributed by atoms with Crippen LogP contribution in [0.1, 0.15) is 64.2 Å². The van der Waals surface area contributed by atoms with Crippen molar-refractivity contribution in [1.29, 1.82) is 0 Å². The van der Waals surface area contributed by atoms with Crippen molar-refractivity contribution in [2.75, 3.05) is 19.0 Å². The fourth-order valence-electron chi connectivity index (χ4n) is 4.21. The Kier molecular flexibility index (Phi) is 7.38. The molecule has 3 heterocycles. The fraction of sp³-hybridized carbons (Fsp3) is 0.481. The van der Waals surface area contributed by atoms with Crippen molar-refractivity contribution in [3.05, 3.63) is 70.0 Å². The fourth-order valence-corrected chi connectivity index (χ4v) is 4.21. The van der Waals surface area contributed by atoms with Gasteiger partial charge in [-0.3, -0.25) is 4.79 Å². The molecular weight excluding hydrogens is 428 g/mol. The SMILES string of the molecule is C=C1c2c(ccn(CCO)c2=O)C=C(Nc2cc(C3(O)CC(C)C3)ccn2)N1C.CC(C)(C)C. The molecule has 2 aromatic heterocycles. The number of aliphatic hydroxyl groups excluding tert-OH is 1. The second kappa shape index (κ2) is 9.76. The highest BCUT2D eigenvalue weighted by atomic mass is 16.3. The molecule has 0 saturated heterocycles. The van der Waals surface area contributed by atoms with Gasteiger partial charge in [0.25, 0.3) is 5.56 Å². The summed E-state index contributed by atoms with van der Waals surface area (Å²) in [6.45, 7) is 15.1. The number of nitrogens with one attached hydrogen (secondary N) is 1. The minimum atomic E-state index is -0.778. The van der Waals surface area contributed by atoms with Crippen LogP contribution in [0.15, 0.2) is 47.8 Å². The molecule has 0 radical (unpaired) electrons. The van der Waals surface area contributed by atoms with E-state index in [0.717, 1.165) is 29.8 Å². The van der Waals surface area contributed by atoms with Crippen molar-refractivity contribution >= 4 is 17.6 Å². The maximum atomic E-state index is 12.7. The summed E-state index contributed by atoms with van der Waals surface area (Å²) in [6, 6.07) is 5.57. The van der Waals surface area contributed by atoms with Crippen LogP contribution < -0.4 is 10.9 Å². The molecular formula is C27H38N4O3. The molecule has 0 amide bonds. The van der Waals surface area contributed by atoms with Crippen molar-refractivity contribution in [2.24, 2.45) is 11.3 Å². The van der Waals surface area contributed by atoms with E-state index >= 15 is 0 Å². The van der Waals surface area contributed by atoms with Gasteiger partial charge in [-0.1, -0.05) is 41.2 Å². The van der Waals surface area contributed by atoms with E-state index in [1.807, 2.05) is 36.2 Å². The molecule has 2 aromatic rings. The summed E-state index contributed by atoms with van der Waals surface area (Å²) in [4.78, 5) is 18.9. The molecule has 0 aromatic carbocycles. The summed E-state index contributed by atoms with van der Waals surface area (Å²) in [5.74, 6) is 1.88. The van der Waals surface area contributed by atoms with Crippen LogP contribution in [-0.4, -0.2) is 38.3 Å². The summed E-state index contributed by atoms with van der Waals surface area (Å²) >= 11 is 0. The van der Waals surface area contributed by atoms with Crippen LogP contribution in [-0.2, 0) is 12.1 Å². The zero-order chi connectivity index (χ0) is 25.3. The summed E-state index contributed by atoms with van der Waals surface area (Å²) in [7, 11) is 1.83. The van der Waals surface area contributed by atoms with Crippen molar-refractivity contribution in [1.82, 2.24) is 14.5 Å². The number of pyridine rings is 2. The lowest BCUT2D eigenvalue weighted by atomic mass is 9.68. The topological polar surface area (TPSA) is 90.6 Å². The van der Waals surface area contributed by atoms with E-state index in [-0.39, 0.29) is 18.7 Å². The summed E-state index contributed by atoms with van der Waals surface area (Å²) in [5.41, 5.74) is 2.26. The van der Waals surface area contributed by atoms with E-state index in [9.17, 15) is 9.90 Å². The number of rotatable bonds is 5. The highest BCUT2D eigenvalue weighted by Crippen LogP contribution is 2.45. The first-order chi connectivity index (χ1) is 15.8. The third-order valence-corrected chi connectivity index (χ3v) is 5.81. The van der Waals surface area contributed by atoms with Gasteiger partial charge in [-0.05, 0) is 59.6 Å². The molecule has 34 heavy (non-hydrogen) atoms. The number of nitrogens with zero attached hydrogens (tertiary/aromatic N) is 3. The zero-order valence-corrected chi connectivity index (χ0v) is 21.2. The standard InChI is InChI=1S/C22H26N4O3.C5H12/c1-14-12-22(29,13-14)17-4-6-23-18(11-17)24-19-10-16-5-7-26(8-9-27)21(28)20(16)15(2)25(19)3;1-5(2,3)4/h4-7,10-11,14,27,29H,2,8-9,12-13H2,1,3H3,(H,23,24);1-4H3. The summed E-state index contributed by atoms with van der Waals surface area (Å²) in [5, 5.41) is 23.2. The van der Waals surface area contributed by atoms with Gasteiger partial charge in [0.15, 0.2) is 0 Å². The van der Waals surface area contributed by atoms with Gasteiger partial charge in [-0.2, -0.15) is 0 Å². The Balaban J connectivity index is 0.000000588. The normalized spacial score (nSPS) is 21.6. The van der Waals surface area contributed by atoms with E-state index in [0.29, 0.717) is 28.4 Å². The van der Waals surface area contributed by atoms with Crippen LogP contribution in [0.5, 0.6) is 0 Å². The smallest absolute Gasteiger partial charge is 0.260 e. The average molecular weight is 467 g/mol. The molecule has 1 aliphatic carbocycles. The highest BCUT2D eigenvalue weighted by molar-refractivity contribution is 5.79. The van der Waals surface area contributed by atoms with Crippen LogP contribution >= 0.6 is 0 Å². The van der Waals surface area contributed by atoms with Gasteiger partial charge in [-0.15, -0.1) is 0 Å². The van der Waals surface area contributed by atoms with Gasteiger partial charge >= 0.3 is 0 Å². The third-order valence-electron chi connectivity index (χ3n) is 5.81. The molecule has 0 unspecified atom stereocenters. The number of hydrogen-bond donors (Lipinski definition) is 3. The van der Waals surface area contributed by atoms with E-state index < -0.39 is 5.60 Å². The van der Waals surface area contributed by atoms with E-state index in [1.165, 1.54) is 4.57 Å². The number of aromatic nitrogens is 2. The summed E-state index contributed by atoms with van der Waals surface area (Å²) in [6.07, 6.45) is 6.75. The predicted molar refractivity (Wildman–Crippen MR) is 138 cm³/mol.